The second-order valence-electron chi connectivity index (χ2n) is 3.99. The van der Waals surface area contributed by atoms with Gasteiger partial charge in [-0.1, -0.05) is 0 Å². The van der Waals surface area contributed by atoms with Gasteiger partial charge >= 0.3 is 0 Å². The van der Waals surface area contributed by atoms with E-state index in [1.807, 2.05) is 4.90 Å². The van der Waals surface area contributed by atoms with Crippen LogP contribution in [0.4, 0.5) is 0 Å². The molecule has 76 valence electrons. The molecule has 2 rings (SSSR count). The molecule has 0 radical (unpaired) electrons. The Labute approximate surface area is 76.8 Å². The summed E-state index contributed by atoms with van der Waals surface area (Å²) < 4.78 is 0. The monoisotopic (exact) mass is 188 g/mol. The lowest BCUT2D eigenvalue weighted by molar-refractivity contribution is -0.0951. The molecular weight excluding hydrogens is 172 g/mol. The molecular formula is C8H16N2O3. The summed E-state index contributed by atoms with van der Waals surface area (Å²) in [5.74, 6) is 0. The summed E-state index contributed by atoms with van der Waals surface area (Å²) in [6.07, 6.45) is -1.70. The highest BCUT2D eigenvalue weighted by Gasteiger charge is 2.46. The molecule has 2 aliphatic heterocycles. The molecule has 0 aliphatic carbocycles. The molecule has 0 unspecified atom stereocenters. The van der Waals surface area contributed by atoms with Crippen molar-refractivity contribution in [2.75, 3.05) is 13.1 Å². The Bertz CT molecular complexity index is 202. The molecule has 0 bridgehead atoms. The molecule has 0 amide bonds. The van der Waals surface area contributed by atoms with Gasteiger partial charge in [-0.05, 0) is 6.42 Å². The first kappa shape index (κ1) is 9.36. The molecule has 0 saturated carbocycles. The topological polar surface area (TPSA) is 90.0 Å². The molecule has 2 saturated heterocycles. The molecule has 5 atom stereocenters. The number of aliphatic hydroxyl groups is 3. The summed E-state index contributed by atoms with van der Waals surface area (Å²) in [5.41, 5.74) is 5.64. The second kappa shape index (κ2) is 3.18. The Hall–Kier alpha value is -0.200. The van der Waals surface area contributed by atoms with E-state index in [1.165, 1.54) is 0 Å². The molecule has 0 aromatic rings. The van der Waals surface area contributed by atoms with Crippen LogP contribution in [-0.4, -0.2) is 63.7 Å². The minimum absolute atomic E-state index is 0.324. The van der Waals surface area contributed by atoms with Crippen molar-refractivity contribution in [1.82, 2.24) is 4.90 Å². The third kappa shape index (κ3) is 1.37. The van der Waals surface area contributed by atoms with Crippen LogP contribution in [0.1, 0.15) is 6.42 Å². The summed E-state index contributed by atoms with van der Waals surface area (Å²) in [4.78, 5) is 1.95. The maximum Gasteiger partial charge on any atom is 0.0994 e. The lowest BCUT2D eigenvalue weighted by Crippen LogP contribution is -2.63. The van der Waals surface area contributed by atoms with Crippen LogP contribution in [-0.2, 0) is 0 Å². The zero-order chi connectivity index (χ0) is 9.59. The summed E-state index contributed by atoms with van der Waals surface area (Å²) in [6.45, 7) is 1.31. The highest BCUT2D eigenvalue weighted by Crippen LogP contribution is 2.27. The molecule has 5 heteroatoms. The van der Waals surface area contributed by atoms with Gasteiger partial charge in [-0.2, -0.15) is 0 Å². The van der Waals surface area contributed by atoms with Gasteiger partial charge in [-0.25, -0.2) is 0 Å². The fraction of sp³-hybridized carbons (Fsp3) is 1.00. The van der Waals surface area contributed by atoms with Crippen LogP contribution in [0.5, 0.6) is 0 Å². The third-order valence-electron chi connectivity index (χ3n) is 3.11. The third-order valence-corrected chi connectivity index (χ3v) is 3.11. The van der Waals surface area contributed by atoms with Crippen LogP contribution in [0.2, 0.25) is 0 Å². The minimum Gasteiger partial charge on any atom is -0.391 e. The van der Waals surface area contributed by atoms with Crippen LogP contribution in [0, 0.1) is 0 Å². The highest BCUT2D eigenvalue weighted by molar-refractivity contribution is 5.02. The van der Waals surface area contributed by atoms with Gasteiger partial charge in [0.25, 0.3) is 0 Å². The van der Waals surface area contributed by atoms with Crippen molar-refractivity contribution >= 4 is 0 Å². The Morgan fingerprint density at radius 1 is 1.15 bits per heavy atom. The van der Waals surface area contributed by atoms with Crippen molar-refractivity contribution in [3.63, 3.8) is 0 Å². The van der Waals surface area contributed by atoms with Crippen molar-refractivity contribution in [3.05, 3.63) is 0 Å². The number of hydrogen-bond acceptors (Lipinski definition) is 5. The number of rotatable bonds is 0. The van der Waals surface area contributed by atoms with Crippen molar-refractivity contribution in [1.29, 1.82) is 0 Å². The van der Waals surface area contributed by atoms with Crippen LogP contribution in [0.25, 0.3) is 0 Å². The lowest BCUT2D eigenvalue weighted by Gasteiger charge is -2.41. The van der Waals surface area contributed by atoms with E-state index in [0.29, 0.717) is 13.0 Å². The maximum absolute atomic E-state index is 9.66. The average Bonchev–Trinajstić information content (AvgIpc) is 2.43. The molecule has 2 fully saturated rings. The number of piperidine rings is 1. The van der Waals surface area contributed by atoms with Gasteiger partial charge in [0.15, 0.2) is 0 Å². The van der Waals surface area contributed by atoms with E-state index in [4.69, 9.17) is 5.73 Å². The Balaban J connectivity index is 2.15. The fourth-order valence-corrected chi connectivity index (χ4v) is 2.35. The summed E-state index contributed by atoms with van der Waals surface area (Å²) in [5, 5.41) is 28.7. The van der Waals surface area contributed by atoms with Gasteiger partial charge in [0.1, 0.15) is 0 Å². The fourth-order valence-electron chi connectivity index (χ4n) is 2.35. The summed E-state index contributed by atoms with van der Waals surface area (Å²) in [7, 11) is 0. The van der Waals surface area contributed by atoms with E-state index in [2.05, 4.69) is 0 Å². The molecule has 13 heavy (non-hydrogen) atoms. The van der Waals surface area contributed by atoms with E-state index in [9.17, 15) is 15.3 Å². The van der Waals surface area contributed by atoms with Crippen LogP contribution >= 0.6 is 0 Å². The predicted molar refractivity (Wildman–Crippen MR) is 46.0 cm³/mol. The predicted octanol–water partition coefficient (Wildman–Crippen LogP) is -2.52. The largest absolute Gasteiger partial charge is 0.391 e. The first-order valence-electron chi connectivity index (χ1n) is 4.65. The maximum atomic E-state index is 9.66. The van der Waals surface area contributed by atoms with E-state index in [0.717, 1.165) is 6.54 Å². The molecule has 0 aromatic heterocycles. The van der Waals surface area contributed by atoms with Crippen molar-refractivity contribution < 1.29 is 15.3 Å². The van der Waals surface area contributed by atoms with Crippen molar-refractivity contribution in [2.24, 2.45) is 5.73 Å². The van der Waals surface area contributed by atoms with Crippen LogP contribution in [0.15, 0.2) is 0 Å². The Kier molecular flexibility index (Phi) is 2.29. The first-order valence-corrected chi connectivity index (χ1v) is 4.65. The van der Waals surface area contributed by atoms with Crippen molar-refractivity contribution in [3.8, 4) is 0 Å². The number of hydrogen-bond donors (Lipinski definition) is 4. The lowest BCUT2D eigenvalue weighted by atomic mass is 9.92. The molecule has 2 aliphatic rings. The van der Waals surface area contributed by atoms with Gasteiger partial charge in [-0.15, -0.1) is 0 Å². The molecule has 0 aromatic carbocycles. The average molecular weight is 188 g/mol. The van der Waals surface area contributed by atoms with Gasteiger partial charge in [0, 0.05) is 19.1 Å². The van der Waals surface area contributed by atoms with E-state index in [1.54, 1.807) is 0 Å². The first-order chi connectivity index (χ1) is 6.11. The van der Waals surface area contributed by atoms with Crippen molar-refractivity contribution in [2.45, 2.75) is 36.8 Å². The standard InChI is InChI=1S/C8H16N2O3/c9-4-3-10-2-1-5(11)6(10)8(13)7(4)12/h4-8,11-13H,1-3,9H2/t4-,5-,6+,7+,8+/m0/s1. The van der Waals surface area contributed by atoms with Gasteiger partial charge < -0.3 is 21.1 Å². The smallest absolute Gasteiger partial charge is 0.0994 e. The minimum atomic E-state index is -0.916. The van der Waals surface area contributed by atoms with Crippen LogP contribution in [0.3, 0.4) is 0 Å². The summed E-state index contributed by atoms with van der Waals surface area (Å²) in [6, 6.07) is -0.730. The Morgan fingerprint density at radius 2 is 1.85 bits per heavy atom. The van der Waals surface area contributed by atoms with Gasteiger partial charge in [0.05, 0.1) is 24.4 Å². The number of nitrogens with zero attached hydrogens (tertiary/aromatic N) is 1. The quantitative estimate of drug-likeness (QED) is 0.337. The van der Waals surface area contributed by atoms with Gasteiger partial charge in [0.2, 0.25) is 0 Å². The molecule has 2 heterocycles. The Morgan fingerprint density at radius 3 is 2.54 bits per heavy atom. The highest BCUT2D eigenvalue weighted by atomic mass is 16.3. The molecule has 5 N–H and O–H groups in total. The molecule has 5 nitrogen and oxygen atoms in total. The van der Waals surface area contributed by atoms with E-state index < -0.39 is 24.4 Å². The summed E-state index contributed by atoms with van der Waals surface area (Å²) >= 11 is 0. The zero-order valence-corrected chi connectivity index (χ0v) is 7.37. The number of nitrogens with two attached hydrogens (primary N) is 1. The van der Waals surface area contributed by atoms with E-state index >= 15 is 0 Å². The van der Waals surface area contributed by atoms with Crippen LogP contribution < -0.4 is 5.73 Å². The normalized spacial score (nSPS) is 52.2. The number of fused-ring (bicyclic) bond motifs is 1. The molecule has 0 spiro atoms. The SMILES string of the molecule is N[C@H]1CN2CC[C@H](O)[C@@H]2[C@@H](O)[C@@H]1O. The number of aliphatic hydroxyl groups excluding tert-OH is 3. The van der Waals surface area contributed by atoms with E-state index in [-0.39, 0.29) is 6.04 Å². The second-order valence-corrected chi connectivity index (χ2v) is 3.99. The van der Waals surface area contributed by atoms with Gasteiger partial charge in [-0.3, -0.25) is 4.90 Å². The zero-order valence-electron chi connectivity index (χ0n) is 7.37.